The summed E-state index contributed by atoms with van der Waals surface area (Å²) >= 11 is 5.73. The summed E-state index contributed by atoms with van der Waals surface area (Å²) in [7, 11) is 0. The van der Waals surface area contributed by atoms with Gasteiger partial charge in [0.05, 0.1) is 16.7 Å². The van der Waals surface area contributed by atoms with Crippen molar-refractivity contribution in [1.29, 1.82) is 5.26 Å². The van der Waals surface area contributed by atoms with Crippen LogP contribution in [0.2, 0.25) is 0 Å². The topological polar surface area (TPSA) is 23.8 Å². The first-order valence-electron chi connectivity index (χ1n) is 4.31. The Morgan fingerprint density at radius 2 is 1.88 bits per heavy atom. The van der Waals surface area contributed by atoms with Crippen molar-refractivity contribution >= 4 is 16.6 Å². The molecule has 0 saturated heterocycles. The van der Waals surface area contributed by atoms with Crippen LogP contribution in [0.25, 0.3) is 5.03 Å². The highest BCUT2D eigenvalue weighted by molar-refractivity contribution is 6.49. The molecule has 0 heterocycles. The molecule has 0 fully saturated rings. The van der Waals surface area contributed by atoms with Gasteiger partial charge in [-0.3, -0.25) is 0 Å². The second-order valence-corrected chi connectivity index (χ2v) is 3.47. The van der Waals surface area contributed by atoms with Crippen LogP contribution in [0.3, 0.4) is 0 Å². The third kappa shape index (κ3) is 2.56. The molecule has 1 aromatic carbocycles. The molecule has 5 heteroatoms. The van der Waals surface area contributed by atoms with Crippen LogP contribution >= 0.6 is 11.6 Å². The minimum Gasteiger partial charge on any atom is -0.193 e. The predicted molar refractivity (Wildman–Crippen MR) is 55.5 cm³/mol. The van der Waals surface area contributed by atoms with Crippen molar-refractivity contribution in [3.63, 3.8) is 0 Å². The number of halogens is 4. The SMILES string of the molecule is CC(C#N)=C(Cl)c1ccccc1C(F)(F)F. The monoisotopic (exact) mass is 245 g/mol. The zero-order valence-corrected chi connectivity index (χ0v) is 9.02. The van der Waals surface area contributed by atoms with Crippen LogP contribution in [0.5, 0.6) is 0 Å². The molecule has 16 heavy (non-hydrogen) atoms. The fourth-order valence-electron chi connectivity index (χ4n) is 1.17. The Balaban J connectivity index is 3.43. The minimum atomic E-state index is -4.48. The Hall–Kier alpha value is -1.47. The van der Waals surface area contributed by atoms with Crippen molar-refractivity contribution in [2.24, 2.45) is 0 Å². The molecule has 0 bridgehead atoms. The Labute approximate surface area is 95.8 Å². The molecule has 0 aliphatic rings. The van der Waals surface area contributed by atoms with E-state index in [1.807, 2.05) is 0 Å². The van der Waals surface area contributed by atoms with E-state index in [1.165, 1.54) is 25.1 Å². The molecule has 0 aliphatic heterocycles. The van der Waals surface area contributed by atoms with Crippen LogP contribution in [-0.4, -0.2) is 0 Å². The number of alkyl halides is 3. The van der Waals surface area contributed by atoms with Crippen molar-refractivity contribution in [3.8, 4) is 6.07 Å². The van der Waals surface area contributed by atoms with E-state index in [2.05, 4.69) is 0 Å². The summed E-state index contributed by atoms with van der Waals surface area (Å²) < 4.78 is 37.8. The standard InChI is InChI=1S/C11H7ClF3N/c1-7(6-16)10(12)8-4-2-3-5-9(8)11(13,14)15/h2-5H,1H3. The summed E-state index contributed by atoms with van der Waals surface area (Å²) in [6, 6.07) is 6.62. The van der Waals surface area contributed by atoms with Gasteiger partial charge >= 0.3 is 6.18 Å². The van der Waals surface area contributed by atoms with Crippen LogP contribution in [-0.2, 0) is 6.18 Å². The lowest BCUT2D eigenvalue weighted by Gasteiger charge is -2.12. The van der Waals surface area contributed by atoms with Gasteiger partial charge in [0.15, 0.2) is 0 Å². The third-order valence-electron chi connectivity index (χ3n) is 1.97. The molecule has 0 saturated carbocycles. The van der Waals surface area contributed by atoms with Crippen molar-refractivity contribution < 1.29 is 13.2 Å². The second-order valence-electron chi connectivity index (χ2n) is 3.09. The fourth-order valence-corrected chi connectivity index (χ4v) is 1.38. The number of nitriles is 1. The van der Waals surface area contributed by atoms with Crippen molar-refractivity contribution in [3.05, 3.63) is 41.0 Å². The van der Waals surface area contributed by atoms with Crippen LogP contribution in [0.1, 0.15) is 18.1 Å². The third-order valence-corrected chi connectivity index (χ3v) is 2.45. The van der Waals surface area contributed by atoms with Crippen LogP contribution in [0.15, 0.2) is 29.8 Å². The summed E-state index contributed by atoms with van der Waals surface area (Å²) in [5.74, 6) is 0. The Bertz CT molecular complexity index is 469. The Kier molecular flexibility index (Phi) is 3.61. The van der Waals surface area contributed by atoms with Gasteiger partial charge in [-0.2, -0.15) is 18.4 Å². The second kappa shape index (κ2) is 4.58. The van der Waals surface area contributed by atoms with Crippen LogP contribution in [0, 0.1) is 11.3 Å². The highest BCUT2D eigenvalue weighted by Gasteiger charge is 2.33. The van der Waals surface area contributed by atoms with E-state index in [4.69, 9.17) is 16.9 Å². The van der Waals surface area contributed by atoms with E-state index in [9.17, 15) is 13.2 Å². The smallest absolute Gasteiger partial charge is 0.193 e. The molecular formula is C11H7ClF3N. The first kappa shape index (κ1) is 12.6. The summed E-state index contributed by atoms with van der Waals surface area (Å²) in [4.78, 5) is 0. The van der Waals surface area contributed by atoms with Crippen molar-refractivity contribution in [1.82, 2.24) is 0 Å². The Morgan fingerprint density at radius 3 is 2.38 bits per heavy atom. The molecule has 0 radical (unpaired) electrons. The van der Waals surface area contributed by atoms with E-state index >= 15 is 0 Å². The molecular weight excluding hydrogens is 239 g/mol. The normalized spacial score (nSPS) is 13.0. The number of allylic oxidation sites excluding steroid dienone is 1. The molecule has 84 valence electrons. The van der Waals surface area contributed by atoms with Crippen molar-refractivity contribution in [2.75, 3.05) is 0 Å². The summed E-state index contributed by atoms with van der Waals surface area (Å²) in [6.07, 6.45) is -4.48. The van der Waals surface area contributed by atoms with E-state index in [1.54, 1.807) is 6.07 Å². The number of hydrogen-bond acceptors (Lipinski definition) is 1. The summed E-state index contributed by atoms with van der Waals surface area (Å²) in [6.45, 7) is 1.37. The average molecular weight is 246 g/mol. The van der Waals surface area contributed by atoms with Gasteiger partial charge in [0.25, 0.3) is 0 Å². The van der Waals surface area contributed by atoms with Crippen molar-refractivity contribution in [2.45, 2.75) is 13.1 Å². The highest BCUT2D eigenvalue weighted by atomic mass is 35.5. The lowest BCUT2D eigenvalue weighted by atomic mass is 10.0. The lowest BCUT2D eigenvalue weighted by molar-refractivity contribution is -0.137. The molecule has 1 nitrogen and oxygen atoms in total. The first-order valence-corrected chi connectivity index (χ1v) is 4.68. The lowest BCUT2D eigenvalue weighted by Crippen LogP contribution is -2.08. The van der Waals surface area contributed by atoms with Crippen LogP contribution < -0.4 is 0 Å². The van der Waals surface area contributed by atoms with E-state index in [0.29, 0.717) is 0 Å². The number of benzene rings is 1. The maximum atomic E-state index is 12.6. The molecule has 0 N–H and O–H groups in total. The van der Waals surface area contributed by atoms with E-state index in [0.717, 1.165) is 6.07 Å². The van der Waals surface area contributed by atoms with Gasteiger partial charge in [0.1, 0.15) is 0 Å². The van der Waals surface area contributed by atoms with Gasteiger partial charge in [-0.05, 0) is 13.0 Å². The maximum absolute atomic E-state index is 12.6. The highest BCUT2D eigenvalue weighted by Crippen LogP contribution is 2.36. The predicted octanol–water partition coefficient (Wildman–Crippen LogP) is 4.20. The number of nitrogens with zero attached hydrogens (tertiary/aromatic N) is 1. The van der Waals surface area contributed by atoms with Crippen LogP contribution in [0.4, 0.5) is 13.2 Å². The molecule has 1 aromatic rings. The molecule has 0 aromatic heterocycles. The quantitative estimate of drug-likeness (QED) is 0.680. The van der Waals surface area contributed by atoms with Gasteiger partial charge in [-0.25, -0.2) is 0 Å². The zero-order chi connectivity index (χ0) is 12.3. The Morgan fingerprint density at radius 1 is 1.31 bits per heavy atom. The summed E-state index contributed by atoms with van der Waals surface area (Å²) in [5, 5.41) is 8.42. The average Bonchev–Trinajstić information content (AvgIpc) is 2.26. The zero-order valence-electron chi connectivity index (χ0n) is 8.27. The number of hydrogen-bond donors (Lipinski definition) is 0. The molecule has 0 atom stereocenters. The summed E-state index contributed by atoms with van der Waals surface area (Å²) in [5.41, 5.74) is -0.955. The fraction of sp³-hybridized carbons (Fsp3) is 0.182. The molecule has 1 rings (SSSR count). The molecule has 0 unspecified atom stereocenters. The maximum Gasteiger partial charge on any atom is 0.417 e. The minimum absolute atomic E-state index is 0.0540. The molecule has 0 spiro atoms. The first-order chi connectivity index (χ1) is 7.38. The van der Waals surface area contributed by atoms with E-state index in [-0.39, 0.29) is 16.2 Å². The van der Waals surface area contributed by atoms with Gasteiger partial charge in [-0.15, -0.1) is 0 Å². The number of rotatable bonds is 1. The molecule has 0 aliphatic carbocycles. The van der Waals surface area contributed by atoms with Gasteiger partial charge in [0.2, 0.25) is 0 Å². The van der Waals surface area contributed by atoms with Gasteiger partial charge in [-0.1, -0.05) is 29.8 Å². The molecule has 0 amide bonds. The largest absolute Gasteiger partial charge is 0.417 e. The van der Waals surface area contributed by atoms with E-state index < -0.39 is 11.7 Å². The van der Waals surface area contributed by atoms with Gasteiger partial charge in [0, 0.05) is 11.1 Å². The van der Waals surface area contributed by atoms with Gasteiger partial charge < -0.3 is 0 Å².